The van der Waals surface area contributed by atoms with Gasteiger partial charge in [0, 0.05) is 44.3 Å². The maximum absolute atomic E-state index is 13.1. The Labute approximate surface area is 193 Å². The Morgan fingerprint density at radius 2 is 1.76 bits per heavy atom. The van der Waals surface area contributed by atoms with Gasteiger partial charge < -0.3 is 15.1 Å². The normalized spacial score (nSPS) is 26.4. The molecule has 4 aliphatic heterocycles. The molecule has 9 nitrogen and oxygen atoms in total. The lowest BCUT2D eigenvalue weighted by Crippen LogP contribution is -2.54. The zero-order valence-electron chi connectivity index (χ0n) is 19.0. The molecule has 5 rings (SSSR count). The van der Waals surface area contributed by atoms with Crippen LogP contribution in [0.15, 0.2) is 18.2 Å². The number of likely N-dealkylation sites (N-methyl/N-ethyl adjacent to an activating group) is 1. The number of carbonyl (C=O) groups excluding carboxylic acids is 4. The first-order valence-electron chi connectivity index (χ1n) is 11.9. The number of imide groups is 2. The predicted octanol–water partition coefficient (Wildman–Crippen LogP) is 0.598. The highest BCUT2D eigenvalue weighted by Gasteiger charge is 2.44. The molecule has 2 N–H and O–H groups in total. The van der Waals surface area contributed by atoms with Crippen LogP contribution in [0.1, 0.15) is 52.8 Å². The summed E-state index contributed by atoms with van der Waals surface area (Å²) in [4.78, 5) is 55.5. The molecule has 33 heavy (non-hydrogen) atoms. The lowest BCUT2D eigenvalue weighted by molar-refractivity contribution is -0.136. The summed E-state index contributed by atoms with van der Waals surface area (Å²) in [7, 11) is 2.22. The van der Waals surface area contributed by atoms with E-state index in [0.717, 1.165) is 56.2 Å². The summed E-state index contributed by atoms with van der Waals surface area (Å²) in [6.07, 6.45) is 3.69. The molecule has 4 amide bonds. The Hall–Kier alpha value is -2.78. The number of carbonyl (C=O) groups is 4. The minimum absolute atomic E-state index is 0.121. The van der Waals surface area contributed by atoms with Crippen LogP contribution in [0.25, 0.3) is 0 Å². The molecule has 0 aliphatic carbocycles. The number of amides is 4. The highest BCUT2D eigenvalue weighted by Crippen LogP contribution is 2.32. The van der Waals surface area contributed by atoms with Crippen LogP contribution in [0.3, 0.4) is 0 Å². The van der Waals surface area contributed by atoms with Crippen molar-refractivity contribution in [2.45, 2.75) is 44.2 Å². The summed E-state index contributed by atoms with van der Waals surface area (Å²) in [5.74, 6) is -1.20. The van der Waals surface area contributed by atoms with Crippen molar-refractivity contribution in [2.75, 3.05) is 44.7 Å². The van der Waals surface area contributed by atoms with Crippen molar-refractivity contribution in [2.24, 2.45) is 5.92 Å². The molecule has 0 saturated carbocycles. The maximum Gasteiger partial charge on any atom is 0.262 e. The first kappa shape index (κ1) is 22.0. The van der Waals surface area contributed by atoms with Gasteiger partial charge in [-0.05, 0) is 63.4 Å². The van der Waals surface area contributed by atoms with E-state index in [1.54, 1.807) is 12.1 Å². The number of hydrogen-bond donors (Lipinski definition) is 2. The molecular weight excluding hydrogens is 422 g/mol. The molecule has 0 radical (unpaired) electrons. The third-order valence-electron chi connectivity index (χ3n) is 7.61. The van der Waals surface area contributed by atoms with Gasteiger partial charge in [0.25, 0.3) is 11.8 Å². The first-order valence-corrected chi connectivity index (χ1v) is 11.9. The van der Waals surface area contributed by atoms with E-state index in [2.05, 4.69) is 27.5 Å². The summed E-state index contributed by atoms with van der Waals surface area (Å²) in [6, 6.07) is 5.09. The van der Waals surface area contributed by atoms with Gasteiger partial charge in [-0.3, -0.25) is 29.4 Å². The molecule has 0 spiro atoms. The van der Waals surface area contributed by atoms with Crippen LogP contribution in [0, 0.1) is 5.92 Å². The van der Waals surface area contributed by atoms with Gasteiger partial charge in [0.05, 0.1) is 11.1 Å². The van der Waals surface area contributed by atoms with Crippen LogP contribution < -0.4 is 15.5 Å². The monoisotopic (exact) mass is 453 g/mol. The molecule has 3 saturated heterocycles. The highest BCUT2D eigenvalue weighted by molar-refractivity contribution is 6.23. The van der Waals surface area contributed by atoms with Crippen molar-refractivity contribution in [1.29, 1.82) is 0 Å². The minimum Gasteiger partial charge on any atom is -0.371 e. The van der Waals surface area contributed by atoms with Gasteiger partial charge in [-0.2, -0.15) is 0 Å². The summed E-state index contributed by atoms with van der Waals surface area (Å²) in [5, 5.41) is 5.67. The van der Waals surface area contributed by atoms with Crippen molar-refractivity contribution >= 4 is 29.3 Å². The third-order valence-corrected chi connectivity index (χ3v) is 7.61. The van der Waals surface area contributed by atoms with Crippen LogP contribution >= 0.6 is 0 Å². The SMILES string of the molecule is CN(CC1CCN(c2ccc3c(c2)C(=O)N(C2CCC(=O)NC2=O)C3=O)CC1)[C@@H]1CCNC1. The molecule has 4 heterocycles. The molecule has 176 valence electrons. The van der Waals surface area contributed by atoms with E-state index in [9.17, 15) is 19.2 Å². The molecule has 1 aromatic rings. The van der Waals surface area contributed by atoms with E-state index >= 15 is 0 Å². The molecular formula is C24H31N5O4. The van der Waals surface area contributed by atoms with Gasteiger partial charge in [0.1, 0.15) is 6.04 Å². The predicted molar refractivity (Wildman–Crippen MR) is 122 cm³/mol. The van der Waals surface area contributed by atoms with Crippen LogP contribution in [0.5, 0.6) is 0 Å². The molecule has 3 fully saturated rings. The molecule has 4 aliphatic rings. The second-order valence-electron chi connectivity index (χ2n) is 9.69. The number of hydrogen-bond acceptors (Lipinski definition) is 7. The molecule has 1 unspecified atom stereocenters. The summed E-state index contributed by atoms with van der Waals surface area (Å²) >= 11 is 0. The van der Waals surface area contributed by atoms with E-state index in [-0.39, 0.29) is 18.7 Å². The van der Waals surface area contributed by atoms with E-state index < -0.39 is 23.8 Å². The number of benzene rings is 1. The van der Waals surface area contributed by atoms with Gasteiger partial charge in [-0.15, -0.1) is 0 Å². The van der Waals surface area contributed by atoms with Crippen LogP contribution in [0.2, 0.25) is 0 Å². The van der Waals surface area contributed by atoms with E-state index in [4.69, 9.17) is 0 Å². The fraction of sp³-hybridized carbons (Fsp3) is 0.583. The molecule has 0 bridgehead atoms. The fourth-order valence-corrected chi connectivity index (χ4v) is 5.60. The largest absolute Gasteiger partial charge is 0.371 e. The Balaban J connectivity index is 1.24. The second kappa shape index (κ2) is 8.87. The Morgan fingerprint density at radius 3 is 2.45 bits per heavy atom. The second-order valence-corrected chi connectivity index (χ2v) is 9.69. The number of rotatable bonds is 5. The topological polar surface area (TPSA) is 102 Å². The molecule has 1 aromatic carbocycles. The van der Waals surface area contributed by atoms with E-state index in [0.29, 0.717) is 23.1 Å². The van der Waals surface area contributed by atoms with Gasteiger partial charge in [-0.1, -0.05) is 0 Å². The van der Waals surface area contributed by atoms with Crippen LogP contribution in [-0.2, 0) is 9.59 Å². The van der Waals surface area contributed by atoms with Crippen molar-refractivity contribution in [1.82, 2.24) is 20.4 Å². The summed E-state index contributed by atoms with van der Waals surface area (Å²) in [6.45, 7) is 5.12. The number of nitrogens with zero attached hydrogens (tertiary/aromatic N) is 3. The minimum atomic E-state index is -0.929. The Morgan fingerprint density at radius 1 is 1.00 bits per heavy atom. The standard InChI is InChI=1S/C24H31N5O4/c1-27(17-6-9-25-13-17)14-15-7-10-28(11-8-15)16-2-3-18-19(12-16)24(33)29(23(18)32)20-4-5-21(30)26-22(20)31/h2-3,12,15,17,20,25H,4-11,13-14H2,1H3,(H,26,30,31)/t17-,20?/m1/s1. The highest BCUT2D eigenvalue weighted by atomic mass is 16.2. The van der Waals surface area contributed by atoms with Gasteiger partial charge >= 0.3 is 0 Å². The lowest BCUT2D eigenvalue weighted by Gasteiger charge is -2.36. The van der Waals surface area contributed by atoms with Crippen molar-refractivity contribution in [3.8, 4) is 0 Å². The van der Waals surface area contributed by atoms with Crippen molar-refractivity contribution < 1.29 is 19.2 Å². The Bertz CT molecular complexity index is 981. The van der Waals surface area contributed by atoms with Crippen molar-refractivity contribution in [3.63, 3.8) is 0 Å². The van der Waals surface area contributed by atoms with Crippen LogP contribution in [0.4, 0.5) is 5.69 Å². The maximum atomic E-state index is 13.1. The zero-order chi connectivity index (χ0) is 23.1. The number of piperidine rings is 2. The average Bonchev–Trinajstić information content (AvgIpc) is 3.43. The summed E-state index contributed by atoms with van der Waals surface area (Å²) < 4.78 is 0. The van der Waals surface area contributed by atoms with Gasteiger partial charge in [0.15, 0.2) is 0 Å². The molecule has 2 atom stereocenters. The quantitative estimate of drug-likeness (QED) is 0.630. The average molecular weight is 454 g/mol. The Kier molecular flexibility index (Phi) is 5.92. The fourth-order valence-electron chi connectivity index (χ4n) is 5.60. The number of fused-ring (bicyclic) bond motifs is 1. The van der Waals surface area contributed by atoms with Gasteiger partial charge in [0.2, 0.25) is 11.8 Å². The molecule has 0 aromatic heterocycles. The number of anilines is 1. The van der Waals surface area contributed by atoms with E-state index in [1.165, 1.54) is 6.42 Å². The first-order chi connectivity index (χ1) is 15.9. The molecule has 9 heteroatoms. The zero-order valence-corrected chi connectivity index (χ0v) is 19.0. The van der Waals surface area contributed by atoms with Crippen LogP contribution in [-0.4, -0.2) is 85.3 Å². The smallest absolute Gasteiger partial charge is 0.262 e. The lowest BCUT2D eigenvalue weighted by atomic mass is 9.95. The van der Waals surface area contributed by atoms with E-state index in [1.807, 2.05) is 6.07 Å². The van der Waals surface area contributed by atoms with Crippen molar-refractivity contribution in [3.05, 3.63) is 29.3 Å². The third kappa shape index (κ3) is 4.15. The van der Waals surface area contributed by atoms with Gasteiger partial charge in [-0.25, -0.2) is 0 Å². The number of nitrogens with one attached hydrogen (secondary N) is 2. The summed E-state index contributed by atoms with van der Waals surface area (Å²) in [5.41, 5.74) is 1.61.